The molecule has 0 N–H and O–H groups in total. The number of hydrogen-bond donors (Lipinski definition) is 0. The van der Waals surface area contributed by atoms with Crippen molar-refractivity contribution in [3.8, 4) is 17.2 Å². The zero-order valence-corrected chi connectivity index (χ0v) is 26.9. The van der Waals surface area contributed by atoms with Crippen molar-refractivity contribution in [3.63, 3.8) is 0 Å². The molecular formula is C35H42O9. The lowest BCUT2D eigenvalue weighted by Gasteiger charge is -2.21. The van der Waals surface area contributed by atoms with Gasteiger partial charge in [-0.3, -0.25) is 0 Å². The van der Waals surface area contributed by atoms with Gasteiger partial charge >= 0.3 is 18.5 Å². The van der Waals surface area contributed by atoms with Crippen LogP contribution in [0.2, 0.25) is 0 Å². The van der Waals surface area contributed by atoms with Gasteiger partial charge in [-0.1, -0.05) is 36.4 Å². The van der Waals surface area contributed by atoms with Crippen molar-refractivity contribution in [3.05, 3.63) is 89.5 Å². The van der Waals surface area contributed by atoms with Crippen LogP contribution in [0.5, 0.6) is 17.2 Å². The fraction of sp³-hybridized carbons (Fsp3) is 0.400. The number of rotatable bonds is 7. The highest BCUT2D eigenvalue weighted by molar-refractivity contribution is 5.65. The van der Waals surface area contributed by atoms with E-state index in [0.717, 1.165) is 16.7 Å². The SMILES string of the molecule is CC(C)(C)OC(=O)Oc1ccc(CC(c2ccc(OC(=O)OC(C)(C)C)cc2)c2ccc(OC(=O)OC(C)(C)C)cc2)cc1. The van der Waals surface area contributed by atoms with Crippen LogP contribution in [0, 0.1) is 0 Å². The Morgan fingerprint density at radius 3 is 1.02 bits per heavy atom. The Balaban J connectivity index is 1.82. The minimum Gasteiger partial charge on any atom is -0.428 e. The molecule has 0 heterocycles. The van der Waals surface area contributed by atoms with Crippen molar-refractivity contribution >= 4 is 18.5 Å². The Hall–Kier alpha value is -4.53. The highest BCUT2D eigenvalue weighted by atomic mass is 16.7. The second-order valence-electron chi connectivity index (χ2n) is 13.2. The lowest BCUT2D eigenvalue weighted by Crippen LogP contribution is -2.26. The first-order valence-electron chi connectivity index (χ1n) is 14.4. The van der Waals surface area contributed by atoms with Crippen LogP contribution >= 0.6 is 0 Å². The Labute approximate surface area is 259 Å². The van der Waals surface area contributed by atoms with Crippen LogP contribution in [-0.4, -0.2) is 35.3 Å². The standard InChI is InChI=1S/C35H42O9/c1-33(2,3)42-30(36)39-26-16-10-23(11-17-26)22-29(24-12-18-27(19-13-24)40-31(37)43-34(4,5)6)25-14-20-28(21-15-25)41-32(38)44-35(7,8)9/h10-21,29H,22H2,1-9H3. The van der Waals surface area contributed by atoms with Gasteiger partial charge in [0.2, 0.25) is 0 Å². The van der Waals surface area contributed by atoms with Crippen LogP contribution in [0.3, 0.4) is 0 Å². The van der Waals surface area contributed by atoms with Crippen molar-refractivity contribution in [2.24, 2.45) is 0 Å². The molecule has 0 fully saturated rings. The van der Waals surface area contributed by atoms with Gasteiger partial charge in [0.1, 0.15) is 34.1 Å². The molecule has 0 amide bonds. The molecule has 0 aromatic heterocycles. The van der Waals surface area contributed by atoms with Crippen LogP contribution in [-0.2, 0) is 20.6 Å². The van der Waals surface area contributed by atoms with Gasteiger partial charge < -0.3 is 28.4 Å². The molecule has 0 unspecified atom stereocenters. The minimum atomic E-state index is -0.781. The van der Waals surface area contributed by atoms with E-state index in [0.29, 0.717) is 23.7 Å². The summed E-state index contributed by atoms with van der Waals surface area (Å²) < 4.78 is 31.7. The van der Waals surface area contributed by atoms with Gasteiger partial charge in [0.05, 0.1) is 0 Å². The van der Waals surface area contributed by atoms with E-state index in [-0.39, 0.29) is 5.92 Å². The van der Waals surface area contributed by atoms with E-state index in [1.165, 1.54) is 0 Å². The van der Waals surface area contributed by atoms with Gasteiger partial charge in [-0.05, 0) is 122 Å². The molecule has 0 aliphatic heterocycles. The molecule has 3 aromatic carbocycles. The fourth-order valence-corrected chi connectivity index (χ4v) is 3.99. The first-order chi connectivity index (χ1) is 20.3. The third-order valence-corrected chi connectivity index (χ3v) is 5.70. The second kappa shape index (κ2) is 13.8. The number of benzene rings is 3. The van der Waals surface area contributed by atoms with Crippen molar-refractivity contribution in [1.82, 2.24) is 0 Å². The average molecular weight is 607 g/mol. The molecule has 3 rings (SSSR count). The van der Waals surface area contributed by atoms with Gasteiger partial charge in [0, 0.05) is 5.92 Å². The number of hydrogen-bond acceptors (Lipinski definition) is 9. The molecule has 9 heteroatoms. The molecule has 236 valence electrons. The normalized spacial score (nSPS) is 11.9. The summed E-state index contributed by atoms with van der Waals surface area (Å²) in [6, 6.07) is 21.6. The van der Waals surface area contributed by atoms with Crippen LogP contribution in [0.4, 0.5) is 14.4 Å². The summed E-state index contributed by atoms with van der Waals surface area (Å²) in [6.07, 6.45) is -1.75. The quantitative estimate of drug-likeness (QED) is 0.148. The molecular weight excluding hydrogens is 564 g/mol. The highest BCUT2D eigenvalue weighted by Gasteiger charge is 2.22. The summed E-state index contributed by atoms with van der Waals surface area (Å²) in [5, 5.41) is 0. The van der Waals surface area contributed by atoms with Crippen LogP contribution in [0.15, 0.2) is 72.8 Å². The molecule has 0 radical (unpaired) electrons. The zero-order chi connectivity index (χ0) is 32.7. The van der Waals surface area contributed by atoms with Crippen molar-refractivity contribution in [1.29, 1.82) is 0 Å². The Morgan fingerprint density at radius 2 is 0.750 bits per heavy atom. The van der Waals surface area contributed by atoms with Crippen molar-refractivity contribution < 1.29 is 42.8 Å². The maximum Gasteiger partial charge on any atom is 0.514 e. The van der Waals surface area contributed by atoms with Gasteiger partial charge in [-0.2, -0.15) is 0 Å². The van der Waals surface area contributed by atoms with Gasteiger partial charge in [-0.25, -0.2) is 14.4 Å². The Morgan fingerprint density at radius 1 is 0.477 bits per heavy atom. The predicted molar refractivity (Wildman–Crippen MR) is 165 cm³/mol. The monoisotopic (exact) mass is 606 g/mol. The first-order valence-corrected chi connectivity index (χ1v) is 14.4. The Kier molecular flexibility index (Phi) is 10.7. The van der Waals surface area contributed by atoms with Crippen LogP contribution < -0.4 is 14.2 Å². The Bertz CT molecular complexity index is 1330. The molecule has 0 spiro atoms. The van der Waals surface area contributed by atoms with E-state index < -0.39 is 35.3 Å². The van der Waals surface area contributed by atoms with Crippen molar-refractivity contribution in [2.75, 3.05) is 0 Å². The lowest BCUT2D eigenvalue weighted by atomic mass is 9.86. The summed E-state index contributed by atoms with van der Waals surface area (Å²) in [7, 11) is 0. The summed E-state index contributed by atoms with van der Waals surface area (Å²) in [5.41, 5.74) is 0.886. The summed E-state index contributed by atoms with van der Waals surface area (Å²) >= 11 is 0. The van der Waals surface area contributed by atoms with E-state index in [1.54, 1.807) is 98.7 Å². The van der Waals surface area contributed by atoms with E-state index >= 15 is 0 Å². The molecule has 0 bridgehead atoms. The topological polar surface area (TPSA) is 107 Å². The molecule has 44 heavy (non-hydrogen) atoms. The molecule has 9 nitrogen and oxygen atoms in total. The number of ether oxygens (including phenoxy) is 6. The summed E-state index contributed by atoms with van der Waals surface area (Å²) in [4.78, 5) is 36.3. The highest BCUT2D eigenvalue weighted by Crippen LogP contribution is 2.32. The third-order valence-electron chi connectivity index (χ3n) is 5.70. The zero-order valence-electron chi connectivity index (χ0n) is 26.9. The summed E-state index contributed by atoms with van der Waals surface area (Å²) in [5.74, 6) is 0.948. The largest absolute Gasteiger partial charge is 0.514 e. The van der Waals surface area contributed by atoms with E-state index in [2.05, 4.69) is 0 Å². The van der Waals surface area contributed by atoms with E-state index in [4.69, 9.17) is 28.4 Å². The number of carbonyl (C=O) groups excluding carboxylic acids is 3. The van der Waals surface area contributed by atoms with Crippen LogP contribution in [0.1, 0.15) is 84.9 Å². The first kappa shape index (κ1) is 34.0. The van der Waals surface area contributed by atoms with Gasteiger partial charge in [-0.15, -0.1) is 0 Å². The maximum atomic E-state index is 12.1. The molecule has 3 aromatic rings. The van der Waals surface area contributed by atoms with Crippen molar-refractivity contribution in [2.45, 2.75) is 91.5 Å². The molecule has 0 aliphatic carbocycles. The third kappa shape index (κ3) is 12.0. The summed E-state index contributed by atoms with van der Waals surface area (Å²) in [6.45, 7) is 15.9. The number of carbonyl (C=O) groups is 3. The van der Waals surface area contributed by atoms with Gasteiger partial charge in [0.15, 0.2) is 0 Å². The van der Waals surface area contributed by atoms with Gasteiger partial charge in [0.25, 0.3) is 0 Å². The molecule has 0 saturated heterocycles. The smallest absolute Gasteiger partial charge is 0.428 e. The van der Waals surface area contributed by atoms with Crippen LogP contribution in [0.25, 0.3) is 0 Å². The maximum absolute atomic E-state index is 12.1. The fourth-order valence-electron chi connectivity index (χ4n) is 3.99. The molecule has 0 aliphatic rings. The van der Waals surface area contributed by atoms with E-state index in [1.807, 2.05) is 36.4 Å². The molecule has 0 saturated carbocycles. The predicted octanol–water partition coefficient (Wildman–Crippen LogP) is 9.00. The average Bonchev–Trinajstić information content (AvgIpc) is 2.86. The second-order valence-corrected chi connectivity index (χ2v) is 13.2. The van der Waals surface area contributed by atoms with E-state index in [9.17, 15) is 14.4 Å². The minimum absolute atomic E-state index is 0.126. The molecule has 0 atom stereocenters. The lowest BCUT2D eigenvalue weighted by molar-refractivity contribution is 0.0193.